The van der Waals surface area contributed by atoms with Crippen molar-refractivity contribution >= 4 is 5.97 Å². The molecular weight excluding hydrogens is 370 g/mol. The van der Waals surface area contributed by atoms with Crippen molar-refractivity contribution in [3.8, 4) is 0 Å². The van der Waals surface area contributed by atoms with E-state index in [1.54, 1.807) is 14.1 Å². The maximum atomic E-state index is 11.7. The van der Waals surface area contributed by atoms with Gasteiger partial charge in [0.15, 0.2) is 0 Å². The minimum Gasteiger partial charge on any atom is -0.365 e. The van der Waals surface area contributed by atoms with Crippen LogP contribution in [-0.2, 0) is 9.63 Å². The molecule has 0 rings (SSSR count). The lowest BCUT2D eigenvalue weighted by Gasteiger charge is -2.09. The van der Waals surface area contributed by atoms with Crippen LogP contribution in [0.4, 0.5) is 0 Å². The summed E-state index contributed by atoms with van der Waals surface area (Å²) >= 11 is 0. The van der Waals surface area contributed by atoms with Crippen LogP contribution in [0.5, 0.6) is 0 Å². The monoisotopic (exact) mass is 423 g/mol. The molecule has 0 aromatic carbocycles. The van der Waals surface area contributed by atoms with Crippen molar-refractivity contribution in [2.45, 2.75) is 142 Å². The Morgan fingerprint density at radius 3 is 1.30 bits per heavy atom. The average molecular weight is 424 g/mol. The van der Waals surface area contributed by atoms with Crippen molar-refractivity contribution < 1.29 is 9.63 Å². The summed E-state index contributed by atoms with van der Waals surface area (Å²) in [4.78, 5) is 16.7. The Morgan fingerprint density at radius 1 is 0.633 bits per heavy atom. The molecule has 0 N–H and O–H groups in total. The van der Waals surface area contributed by atoms with Gasteiger partial charge in [0, 0.05) is 19.7 Å². The lowest BCUT2D eigenvalue weighted by Crippen LogP contribution is -2.19. The van der Waals surface area contributed by atoms with Crippen LogP contribution >= 0.6 is 0 Å². The third-order valence-corrected chi connectivity index (χ3v) is 5.85. The molecule has 0 aromatic rings. The fraction of sp³-hybridized carbons (Fsp3) is 0.889. The van der Waals surface area contributed by atoms with E-state index in [9.17, 15) is 4.79 Å². The quantitative estimate of drug-likeness (QED) is 0.0989. The second-order valence-electron chi connectivity index (χ2n) is 9.23. The molecule has 0 atom stereocenters. The highest BCUT2D eigenvalue weighted by atomic mass is 16.7. The Labute approximate surface area is 189 Å². The molecule has 0 saturated carbocycles. The topological polar surface area (TPSA) is 29.5 Å². The normalized spacial score (nSPS) is 12.0. The molecule has 0 aromatic heterocycles. The van der Waals surface area contributed by atoms with Crippen LogP contribution in [0.2, 0.25) is 0 Å². The van der Waals surface area contributed by atoms with Crippen molar-refractivity contribution in [3.05, 3.63) is 11.6 Å². The van der Waals surface area contributed by atoms with E-state index in [4.69, 9.17) is 4.84 Å². The first-order valence-electron chi connectivity index (χ1n) is 13.1. The molecule has 0 amide bonds. The van der Waals surface area contributed by atoms with Crippen LogP contribution < -0.4 is 0 Å². The molecule has 0 saturated heterocycles. The number of carbonyl (C=O) groups excluding carboxylic acids is 1. The standard InChI is InChI=1S/C27H53NO2/c1-5-6-7-8-9-10-11-12-13-14-15-16-17-18-19-20-21-22-23-24-25-26(2)27(29)30-28(3)4/h25H,5-24H2,1-4H3. The van der Waals surface area contributed by atoms with Gasteiger partial charge in [0.2, 0.25) is 0 Å². The van der Waals surface area contributed by atoms with Gasteiger partial charge < -0.3 is 4.84 Å². The molecular formula is C27H53NO2. The average Bonchev–Trinajstić information content (AvgIpc) is 2.71. The molecule has 0 unspecified atom stereocenters. The summed E-state index contributed by atoms with van der Waals surface area (Å²) in [5, 5.41) is 1.44. The second kappa shape index (κ2) is 22.8. The summed E-state index contributed by atoms with van der Waals surface area (Å²) in [6, 6.07) is 0. The van der Waals surface area contributed by atoms with Crippen molar-refractivity contribution in [3.63, 3.8) is 0 Å². The largest absolute Gasteiger partial charge is 0.365 e. The minimum absolute atomic E-state index is 0.238. The van der Waals surface area contributed by atoms with Crippen LogP contribution in [0.15, 0.2) is 11.6 Å². The van der Waals surface area contributed by atoms with Crippen molar-refractivity contribution in [2.75, 3.05) is 14.1 Å². The van der Waals surface area contributed by atoms with Crippen molar-refractivity contribution in [1.82, 2.24) is 5.06 Å². The SMILES string of the molecule is CCCCCCCCCCCCCCCCCCCCCC=C(C)C(=O)ON(C)C. The van der Waals surface area contributed by atoms with E-state index in [0.29, 0.717) is 5.57 Å². The summed E-state index contributed by atoms with van der Waals surface area (Å²) in [5.41, 5.74) is 0.714. The van der Waals surface area contributed by atoms with E-state index in [0.717, 1.165) is 6.42 Å². The number of rotatable bonds is 22. The molecule has 0 aliphatic rings. The van der Waals surface area contributed by atoms with E-state index >= 15 is 0 Å². The molecule has 3 nitrogen and oxygen atoms in total. The van der Waals surface area contributed by atoms with Crippen LogP contribution in [0.1, 0.15) is 142 Å². The Balaban J connectivity index is 3.22. The number of nitrogens with zero attached hydrogens (tertiary/aromatic N) is 1. The highest BCUT2D eigenvalue weighted by Crippen LogP contribution is 2.15. The molecule has 178 valence electrons. The van der Waals surface area contributed by atoms with Gasteiger partial charge in [0.25, 0.3) is 0 Å². The molecule has 0 aliphatic heterocycles. The van der Waals surface area contributed by atoms with Crippen LogP contribution in [0.3, 0.4) is 0 Å². The highest BCUT2D eigenvalue weighted by Gasteiger charge is 2.06. The molecule has 0 aliphatic carbocycles. The maximum absolute atomic E-state index is 11.7. The first-order valence-corrected chi connectivity index (χ1v) is 13.1. The van der Waals surface area contributed by atoms with Gasteiger partial charge in [-0.2, -0.15) is 0 Å². The van der Waals surface area contributed by atoms with Crippen LogP contribution in [0.25, 0.3) is 0 Å². The smallest absolute Gasteiger partial charge is 0.352 e. The molecule has 0 heterocycles. The molecule has 0 spiro atoms. The molecule has 0 bridgehead atoms. The van der Waals surface area contributed by atoms with Gasteiger partial charge in [-0.25, -0.2) is 4.79 Å². The maximum Gasteiger partial charge on any atom is 0.352 e. The third-order valence-electron chi connectivity index (χ3n) is 5.85. The summed E-state index contributed by atoms with van der Waals surface area (Å²) in [7, 11) is 3.45. The van der Waals surface area contributed by atoms with E-state index in [1.807, 2.05) is 13.0 Å². The highest BCUT2D eigenvalue weighted by molar-refractivity contribution is 5.87. The lowest BCUT2D eigenvalue weighted by molar-refractivity contribution is -0.172. The molecule has 0 fully saturated rings. The van der Waals surface area contributed by atoms with E-state index < -0.39 is 0 Å². The van der Waals surface area contributed by atoms with Gasteiger partial charge >= 0.3 is 5.97 Å². The van der Waals surface area contributed by atoms with Gasteiger partial charge in [-0.3, -0.25) is 0 Å². The molecule has 3 heteroatoms. The second-order valence-corrected chi connectivity index (χ2v) is 9.23. The van der Waals surface area contributed by atoms with Gasteiger partial charge in [-0.05, 0) is 19.8 Å². The summed E-state index contributed by atoms with van der Waals surface area (Å²) in [5.74, 6) is -0.238. The molecule has 0 radical (unpaired) electrons. The van der Waals surface area contributed by atoms with Gasteiger partial charge in [-0.1, -0.05) is 129 Å². The third kappa shape index (κ3) is 21.9. The lowest BCUT2D eigenvalue weighted by atomic mass is 10.0. The minimum atomic E-state index is -0.238. The Hall–Kier alpha value is -0.830. The number of hydrogen-bond acceptors (Lipinski definition) is 3. The number of unbranched alkanes of at least 4 members (excludes halogenated alkanes) is 19. The van der Waals surface area contributed by atoms with E-state index in [2.05, 4.69) is 6.92 Å². The number of hydrogen-bond donors (Lipinski definition) is 0. The van der Waals surface area contributed by atoms with Crippen LogP contribution in [0, 0.1) is 0 Å². The van der Waals surface area contributed by atoms with Gasteiger partial charge in [-0.15, -0.1) is 5.06 Å². The predicted molar refractivity (Wildman–Crippen MR) is 132 cm³/mol. The Bertz CT molecular complexity index is 404. The van der Waals surface area contributed by atoms with Gasteiger partial charge in [0.05, 0.1) is 0 Å². The molecule has 30 heavy (non-hydrogen) atoms. The first kappa shape index (κ1) is 29.2. The summed E-state index contributed by atoms with van der Waals surface area (Å²) < 4.78 is 0. The summed E-state index contributed by atoms with van der Waals surface area (Å²) in [6.45, 7) is 4.12. The zero-order valence-electron chi connectivity index (χ0n) is 21.0. The Morgan fingerprint density at radius 2 is 0.967 bits per heavy atom. The number of hydroxylamine groups is 2. The van der Waals surface area contributed by atoms with Crippen LogP contribution in [-0.4, -0.2) is 25.1 Å². The zero-order chi connectivity index (χ0) is 22.3. The summed E-state index contributed by atoms with van der Waals surface area (Å²) in [6.07, 6.45) is 29.7. The van der Waals surface area contributed by atoms with E-state index in [1.165, 1.54) is 127 Å². The fourth-order valence-electron chi connectivity index (χ4n) is 3.86. The predicted octanol–water partition coefficient (Wildman–Crippen LogP) is 8.77. The fourth-order valence-corrected chi connectivity index (χ4v) is 3.86. The van der Waals surface area contributed by atoms with E-state index in [-0.39, 0.29) is 5.97 Å². The van der Waals surface area contributed by atoms with Crippen molar-refractivity contribution in [1.29, 1.82) is 0 Å². The Kier molecular flexibility index (Phi) is 22.2. The van der Waals surface area contributed by atoms with Crippen molar-refractivity contribution in [2.24, 2.45) is 0 Å². The van der Waals surface area contributed by atoms with Gasteiger partial charge in [0.1, 0.15) is 0 Å². The first-order chi connectivity index (χ1) is 14.6. The number of carbonyl (C=O) groups is 1. The number of allylic oxidation sites excluding steroid dienone is 1. The zero-order valence-corrected chi connectivity index (χ0v) is 21.0.